The smallest absolute Gasteiger partial charge is 0.270 e. The van der Waals surface area contributed by atoms with Gasteiger partial charge in [-0.1, -0.05) is 18.7 Å². The molecule has 136 valence electrons. The van der Waals surface area contributed by atoms with Gasteiger partial charge in [0.25, 0.3) is 5.92 Å². The minimum Gasteiger partial charge on any atom is -0.511 e. The van der Waals surface area contributed by atoms with Gasteiger partial charge in [-0.15, -0.1) is 0 Å². The quantitative estimate of drug-likeness (QED) is 0.432. The summed E-state index contributed by atoms with van der Waals surface area (Å²) >= 11 is 0. The highest BCUT2D eigenvalue weighted by Crippen LogP contribution is 2.28. The van der Waals surface area contributed by atoms with E-state index in [0.717, 1.165) is 33.1 Å². The summed E-state index contributed by atoms with van der Waals surface area (Å²) in [6.45, 7) is 9.60. The van der Waals surface area contributed by atoms with Crippen molar-refractivity contribution in [1.29, 1.82) is 0 Å². The SMILES string of the molecule is C=C(Nc1ccc(C(C)(F)F)cc1)/C(=N\C=C(/C)O)N1CCNCC1. The molecule has 3 N–H and O–H groups in total. The van der Waals surface area contributed by atoms with Gasteiger partial charge in [-0.25, -0.2) is 13.8 Å². The van der Waals surface area contributed by atoms with Gasteiger partial charge in [0.15, 0.2) is 5.84 Å². The molecule has 0 saturated carbocycles. The monoisotopic (exact) mass is 350 g/mol. The lowest BCUT2D eigenvalue weighted by atomic mass is 10.1. The summed E-state index contributed by atoms with van der Waals surface area (Å²) in [5.41, 5.74) is 1.14. The first-order chi connectivity index (χ1) is 11.8. The highest BCUT2D eigenvalue weighted by Gasteiger charge is 2.24. The maximum atomic E-state index is 13.3. The average molecular weight is 350 g/mol. The van der Waals surface area contributed by atoms with E-state index >= 15 is 0 Å². The van der Waals surface area contributed by atoms with E-state index in [-0.39, 0.29) is 11.3 Å². The molecule has 0 aliphatic carbocycles. The standard InChI is InChI=1S/C18H24F2N4O/c1-13(25)12-22-17(24-10-8-21-9-11-24)14(2)23-16-6-4-15(5-7-16)18(3,19)20/h4-7,12,21,23,25H,2,8-11H2,1,3H3/b13-12+,22-17+. The molecule has 1 aromatic carbocycles. The number of hydrogen-bond acceptors (Lipinski definition) is 4. The molecule has 1 fully saturated rings. The molecule has 0 unspecified atom stereocenters. The Morgan fingerprint density at radius 3 is 2.44 bits per heavy atom. The molecule has 0 aromatic heterocycles. The Balaban J connectivity index is 2.16. The fourth-order valence-electron chi connectivity index (χ4n) is 2.46. The molecular weight excluding hydrogens is 326 g/mol. The molecule has 0 amide bonds. The molecule has 7 heteroatoms. The van der Waals surface area contributed by atoms with E-state index in [1.807, 2.05) is 0 Å². The number of nitrogens with one attached hydrogen (secondary N) is 2. The van der Waals surface area contributed by atoms with Gasteiger partial charge in [-0.05, 0) is 19.1 Å². The second kappa shape index (κ2) is 8.11. The van der Waals surface area contributed by atoms with Gasteiger partial charge >= 0.3 is 0 Å². The number of aliphatic imine (C=N–C) groups is 1. The minimum atomic E-state index is -2.87. The maximum absolute atomic E-state index is 13.3. The van der Waals surface area contributed by atoms with Crippen LogP contribution in [0.5, 0.6) is 0 Å². The third-order valence-electron chi connectivity index (χ3n) is 3.75. The number of allylic oxidation sites excluding steroid dienone is 1. The van der Waals surface area contributed by atoms with Crippen molar-refractivity contribution in [2.45, 2.75) is 19.8 Å². The van der Waals surface area contributed by atoms with Crippen LogP contribution < -0.4 is 10.6 Å². The van der Waals surface area contributed by atoms with Crippen LogP contribution in [0, 0.1) is 0 Å². The van der Waals surface area contributed by atoms with E-state index in [4.69, 9.17) is 0 Å². The lowest BCUT2D eigenvalue weighted by Crippen LogP contribution is -2.47. The number of piperazine rings is 1. The Kier molecular flexibility index (Phi) is 6.14. The fraction of sp³-hybridized carbons (Fsp3) is 0.389. The van der Waals surface area contributed by atoms with Gasteiger partial charge in [-0.2, -0.15) is 0 Å². The van der Waals surface area contributed by atoms with Crippen molar-refractivity contribution in [2.24, 2.45) is 4.99 Å². The number of halogens is 2. The molecule has 1 aromatic rings. The lowest BCUT2D eigenvalue weighted by Gasteiger charge is -2.31. The highest BCUT2D eigenvalue weighted by molar-refractivity contribution is 6.00. The molecule has 1 aliphatic rings. The van der Waals surface area contributed by atoms with Crippen molar-refractivity contribution in [3.8, 4) is 0 Å². The number of rotatable bonds is 5. The summed E-state index contributed by atoms with van der Waals surface area (Å²) in [7, 11) is 0. The van der Waals surface area contributed by atoms with Crippen LogP contribution in [0.2, 0.25) is 0 Å². The van der Waals surface area contributed by atoms with Crippen LogP contribution in [-0.2, 0) is 5.92 Å². The normalized spacial score (nSPS) is 16.7. The van der Waals surface area contributed by atoms with Gasteiger partial charge in [-0.3, -0.25) is 0 Å². The molecule has 5 nitrogen and oxygen atoms in total. The number of nitrogens with zero attached hydrogens (tertiary/aromatic N) is 2. The Morgan fingerprint density at radius 2 is 1.92 bits per heavy atom. The third kappa shape index (κ3) is 5.56. The number of aliphatic hydroxyl groups excluding tert-OH is 1. The number of anilines is 1. The Labute approximate surface area is 146 Å². The van der Waals surface area contributed by atoms with Crippen molar-refractivity contribution in [1.82, 2.24) is 10.2 Å². The predicted molar refractivity (Wildman–Crippen MR) is 97.0 cm³/mol. The highest BCUT2D eigenvalue weighted by atomic mass is 19.3. The molecule has 1 heterocycles. The van der Waals surface area contributed by atoms with Crippen molar-refractivity contribution < 1.29 is 13.9 Å². The fourth-order valence-corrected chi connectivity index (χ4v) is 2.46. The molecule has 1 saturated heterocycles. The van der Waals surface area contributed by atoms with Crippen LogP contribution in [0.1, 0.15) is 19.4 Å². The molecule has 0 atom stereocenters. The van der Waals surface area contributed by atoms with Crippen LogP contribution in [-0.4, -0.2) is 42.0 Å². The largest absolute Gasteiger partial charge is 0.511 e. The number of benzene rings is 1. The summed E-state index contributed by atoms with van der Waals surface area (Å²) in [6, 6.07) is 5.94. The van der Waals surface area contributed by atoms with Crippen molar-refractivity contribution in [3.05, 3.63) is 54.1 Å². The van der Waals surface area contributed by atoms with Crippen LogP contribution in [0.3, 0.4) is 0 Å². The zero-order valence-corrected chi connectivity index (χ0v) is 14.5. The third-order valence-corrected chi connectivity index (χ3v) is 3.75. The summed E-state index contributed by atoms with van der Waals surface area (Å²) in [5, 5.41) is 15.7. The Morgan fingerprint density at radius 1 is 1.32 bits per heavy atom. The number of amidine groups is 1. The van der Waals surface area contributed by atoms with E-state index in [9.17, 15) is 13.9 Å². The molecule has 0 spiro atoms. The van der Waals surface area contributed by atoms with Gasteiger partial charge in [0.2, 0.25) is 0 Å². The summed E-state index contributed by atoms with van der Waals surface area (Å²) in [5.74, 6) is -2.17. The molecule has 0 bridgehead atoms. The molecular formula is C18H24F2N4O. The average Bonchev–Trinajstić information content (AvgIpc) is 2.55. The van der Waals surface area contributed by atoms with Gasteiger partial charge in [0.05, 0.1) is 11.9 Å². The summed E-state index contributed by atoms with van der Waals surface area (Å²) in [6.07, 6.45) is 1.37. The van der Waals surface area contributed by atoms with Gasteiger partial charge in [0, 0.05) is 44.4 Å². The summed E-state index contributed by atoms with van der Waals surface area (Å²) in [4.78, 5) is 6.38. The van der Waals surface area contributed by atoms with Crippen LogP contribution >= 0.6 is 0 Å². The second-order valence-electron chi connectivity index (χ2n) is 6.03. The second-order valence-corrected chi connectivity index (χ2v) is 6.03. The van der Waals surface area contributed by atoms with Crippen LogP contribution in [0.15, 0.2) is 53.5 Å². The first kappa shape index (κ1) is 18.9. The molecule has 0 radical (unpaired) electrons. The van der Waals surface area contributed by atoms with Crippen LogP contribution in [0.25, 0.3) is 0 Å². The first-order valence-electron chi connectivity index (χ1n) is 8.11. The maximum Gasteiger partial charge on any atom is 0.270 e. The number of aliphatic hydroxyl groups is 1. The Hall–Kier alpha value is -2.41. The predicted octanol–water partition coefficient (Wildman–Crippen LogP) is 3.45. The number of alkyl halides is 2. The van der Waals surface area contributed by atoms with Crippen LogP contribution in [0.4, 0.5) is 14.5 Å². The lowest BCUT2D eigenvalue weighted by molar-refractivity contribution is 0.0175. The van der Waals surface area contributed by atoms with E-state index < -0.39 is 5.92 Å². The number of hydrogen-bond donors (Lipinski definition) is 3. The van der Waals surface area contributed by atoms with Crippen molar-refractivity contribution in [2.75, 3.05) is 31.5 Å². The molecule has 1 aliphatic heterocycles. The molecule has 2 rings (SSSR count). The van der Waals surface area contributed by atoms with E-state index in [0.29, 0.717) is 17.2 Å². The minimum absolute atomic E-state index is 0.0431. The summed E-state index contributed by atoms with van der Waals surface area (Å²) < 4.78 is 26.6. The van der Waals surface area contributed by atoms with Gasteiger partial charge < -0.3 is 20.6 Å². The van der Waals surface area contributed by atoms with Crippen molar-refractivity contribution >= 4 is 11.5 Å². The molecule has 25 heavy (non-hydrogen) atoms. The Bertz CT molecular complexity index is 653. The first-order valence-corrected chi connectivity index (χ1v) is 8.11. The van der Waals surface area contributed by atoms with E-state index in [1.165, 1.54) is 18.3 Å². The van der Waals surface area contributed by atoms with E-state index in [1.54, 1.807) is 19.1 Å². The van der Waals surface area contributed by atoms with E-state index in [2.05, 4.69) is 27.1 Å². The zero-order valence-electron chi connectivity index (χ0n) is 14.5. The van der Waals surface area contributed by atoms with Crippen molar-refractivity contribution in [3.63, 3.8) is 0 Å². The topological polar surface area (TPSA) is 59.9 Å². The zero-order chi connectivity index (χ0) is 18.4. The van der Waals surface area contributed by atoms with Gasteiger partial charge in [0.1, 0.15) is 5.76 Å².